The minimum atomic E-state index is -0.617. The average molecular weight is 369 g/mol. The fraction of sp³-hybridized carbons (Fsp3) is 0.188. The van der Waals surface area contributed by atoms with E-state index in [1.165, 1.54) is 18.2 Å². The van der Waals surface area contributed by atoms with Gasteiger partial charge in [0, 0.05) is 16.8 Å². The summed E-state index contributed by atoms with van der Waals surface area (Å²) in [7, 11) is 0. The molecule has 24 heavy (non-hydrogen) atoms. The van der Waals surface area contributed by atoms with Gasteiger partial charge in [0.15, 0.2) is 6.61 Å². The summed E-state index contributed by atoms with van der Waals surface area (Å²) in [4.78, 5) is 22.1. The van der Waals surface area contributed by atoms with Crippen LogP contribution in [0.3, 0.4) is 0 Å². The van der Waals surface area contributed by atoms with Crippen LogP contribution in [0.4, 0.5) is 11.4 Å². The molecule has 0 heterocycles. The van der Waals surface area contributed by atoms with Gasteiger partial charge in [-0.2, -0.15) is 0 Å². The van der Waals surface area contributed by atoms with Gasteiger partial charge in [-0.1, -0.05) is 23.2 Å². The number of anilines is 1. The van der Waals surface area contributed by atoms with Crippen molar-refractivity contribution in [1.29, 1.82) is 0 Å². The summed E-state index contributed by atoms with van der Waals surface area (Å²) in [6.07, 6.45) is 0. The number of benzene rings is 2. The molecular weight excluding hydrogens is 355 g/mol. The molecule has 2 rings (SSSR count). The van der Waals surface area contributed by atoms with Gasteiger partial charge in [0.1, 0.15) is 10.8 Å². The normalized spacial score (nSPS) is 10.3. The van der Waals surface area contributed by atoms with Crippen molar-refractivity contribution in [2.45, 2.75) is 13.8 Å². The molecule has 0 bridgehead atoms. The Kier molecular flexibility index (Phi) is 5.64. The smallest absolute Gasteiger partial charge is 0.289 e. The van der Waals surface area contributed by atoms with Gasteiger partial charge in [-0.15, -0.1) is 0 Å². The third-order valence-corrected chi connectivity index (χ3v) is 4.12. The highest BCUT2D eigenvalue weighted by atomic mass is 35.5. The first-order chi connectivity index (χ1) is 11.3. The van der Waals surface area contributed by atoms with Crippen LogP contribution in [0.2, 0.25) is 10.0 Å². The van der Waals surface area contributed by atoms with Crippen molar-refractivity contribution in [2.75, 3.05) is 11.9 Å². The molecule has 0 radical (unpaired) electrons. The number of hydrogen-bond acceptors (Lipinski definition) is 4. The fourth-order valence-corrected chi connectivity index (χ4v) is 2.36. The Bertz CT molecular complexity index is 786. The lowest BCUT2D eigenvalue weighted by molar-refractivity contribution is -0.384. The van der Waals surface area contributed by atoms with Gasteiger partial charge in [0.25, 0.3) is 11.6 Å². The Hall–Kier alpha value is -2.31. The molecule has 8 heteroatoms. The quantitative estimate of drug-likeness (QED) is 0.620. The first kappa shape index (κ1) is 18.0. The predicted octanol–water partition coefficient (Wildman–Crippen LogP) is 4.54. The second-order valence-electron chi connectivity index (χ2n) is 5.13. The summed E-state index contributed by atoms with van der Waals surface area (Å²) in [5.74, 6) is 0.0727. The number of ether oxygens (including phenoxy) is 1. The molecule has 0 aliphatic rings. The number of carbonyl (C=O) groups excluding carboxylic acids is 1. The number of halogens is 2. The summed E-state index contributed by atoms with van der Waals surface area (Å²) in [5, 5.41) is 14.0. The van der Waals surface area contributed by atoms with Gasteiger partial charge in [-0.05, 0) is 49.2 Å². The molecule has 6 nitrogen and oxygen atoms in total. The van der Waals surface area contributed by atoms with Gasteiger partial charge in [0.2, 0.25) is 0 Å². The lowest BCUT2D eigenvalue weighted by Crippen LogP contribution is -2.20. The first-order valence-corrected chi connectivity index (χ1v) is 7.67. The number of nitro benzene ring substituents is 1. The van der Waals surface area contributed by atoms with Crippen molar-refractivity contribution in [3.63, 3.8) is 0 Å². The van der Waals surface area contributed by atoms with E-state index in [0.29, 0.717) is 10.8 Å². The molecular formula is C16H14Cl2N2O4. The largest absolute Gasteiger partial charge is 0.484 e. The van der Waals surface area contributed by atoms with Crippen molar-refractivity contribution in [3.8, 4) is 5.75 Å². The third kappa shape index (κ3) is 4.37. The van der Waals surface area contributed by atoms with E-state index in [1.807, 2.05) is 13.8 Å². The van der Waals surface area contributed by atoms with Crippen molar-refractivity contribution < 1.29 is 14.5 Å². The van der Waals surface area contributed by atoms with Gasteiger partial charge in [0.05, 0.1) is 4.92 Å². The van der Waals surface area contributed by atoms with E-state index in [9.17, 15) is 14.9 Å². The molecule has 0 saturated carbocycles. The molecule has 0 atom stereocenters. The van der Waals surface area contributed by atoms with E-state index in [2.05, 4.69) is 5.32 Å². The Morgan fingerprint density at radius 3 is 2.42 bits per heavy atom. The average Bonchev–Trinajstić information content (AvgIpc) is 2.52. The van der Waals surface area contributed by atoms with Crippen LogP contribution < -0.4 is 10.1 Å². The van der Waals surface area contributed by atoms with E-state index in [-0.39, 0.29) is 23.0 Å². The Labute approximate surface area is 148 Å². The highest BCUT2D eigenvalue weighted by Gasteiger charge is 2.14. The number of rotatable bonds is 5. The van der Waals surface area contributed by atoms with Crippen LogP contribution in [-0.4, -0.2) is 17.4 Å². The first-order valence-electron chi connectivity index (χ1n) is 6.91. The molecule has 126 valence electrons. The topological polar surface area (TPSA) is 81.5 Å². The Morgan fingerprint density at radius 1 is 1.21 bits per heavy atom. The maximum atomic E-state index is 11.9. The van der Waals surface area contributed by atoms with E-state index >= 15 is 0 Å². The molecule has 0 aromatic heterocycles. The van der Waals surface area contributed by atoms with Crippen molar-refractivity contribution in [1.82, 2.24) is 0 Å². The van der Waals surface area contributed by atoms with Crippen LogP contribution in [-0.2, 0) is 4.79 Å². The van der Waals surface area contributed by atoms with Crippen molar-refractivity contribution in [3.05, 3.63) is 61.6 Å². The number of amides is 1. The summed E-state index contributed by atoms with van der Waals surface area (Å²) in [5.41, 5.74) is 1.68. The number of aryl methyl sites for hydroxylation is 2. The number of nitro groups is 1. The summed E-state index contributed by atoms with van der Waals surface area (Å²) in [6.45, 7) is 3.45. The molecule has 2 aromatic rings. The summed E-state index contributed by atoms with van der Waals surface area (Å²) in [6, 6.07) is 7.48. The predicted molar refractivity (Wildman–Crippen MR) is 93.2 cm³/mol. The second-order valence-corrected chi connectivity index (χ2v) is 5.92. The molecule has 0 unspecified atom stereocenters. The van der Waals surface area contributed by atoms with Crippen LogP contribution in [0, 0.1) is 24.0 Å². The van der Waals surface area contributed by atoms with Gasteiger partial charge in [-0.25, -0.2) is 0 Å². The minimum Gasteiger partial charge on any atom is -0.484 e. The van der Waals surface area contributed by atoms with Gasteiger partial charge < -0.3 is 10.1 Å². The number of nitrogens with zero attached hydrogens (tertiary/aromatic N) is 1. The molecule has 0 aliphatic heterocycles. The molecule has 0 spiro atoms. The van der Waals surface area contributed by atoms with Gasteiger partial charge in [-0.3, -0.25) is 14.9 Å². The molecule has 2 aromatic carbocycles. The van der Waals surface area contributed by atoms with E-state index in [1.54, 1.807) is 12.1 Å². The maximum Gasteiger partial charge on any atom is 0.289 e. The highest BCUT2D eigenvalue weighted by molar-refractivity contribution is 6.32. The Balaban J connectivity index is 2.01. The molecule has 1 N–H and O–H groups in total. The summed E-state index contributed by atoms with van der Waals surface area (Å²) >= 11 is 11.8. The zero-order valence-electron chi connectivity index (χ0n) is 12.9. The molecule has 0 fully saturated rings. The SMILES string of the molecule is Cc1cc(OCC(=O)Nc2ccc(Cl)c([N+](=O)[O-])c2)cc(C)c1Cl. The molecule has 1 amide bonds. The zero-order valence-corrected chi connectivity index (χ0v) is 14.4. The second kappa shape index (κ2) is 7.51. The number of carbonyl (C=O) groups is 1. The van der Waals surface area contributed by atoms with Crippen LogP contribution in [0.1, 0.15) is 11.1 Å². The minimum absolute atomic E-state index is 0.00126. The lowest BCUT2D eigenvalue weighted by Gasteiger charge is -2.10. The van der Waals surface area contributed by atoms with Crippen LogP contribution in [0.15, 0.2) is 30.3 Å². The molecule has 0 aliphatic carbocycles. The number of nitrogens with one attached hydrogen (secondary N) is 1. The van der Waals surface area contributed by atoms with E-state index in [4.69, 9.17) is 27.9 Å². The highest BCUT2D eigenvalue weighted by Crippen LogP contribution is 2.28. The van der Waals surface area contributed by atoms with Crippen LogP contribution >= 0.6 is 23.2 Å². The van der Waals surface area contributed by atoms with Crippen LogP contribution in [0.25, 0.3) is 0 Å². The lowest BCUT2D eigenvalue weighted by atomic mass is 10.1. The summed E-state index contributed by atoms with van der Waals surface area (Å²) < 4.78 is 5.43. The van der Waals surface area contributed by atoms with Crippen molar-refractivity contribution >= 4 is 40.5 Å². The number of hydrogen-bond donors (Lipinski definition) is 1. The third-order valence-electron chi connectivity index (χ3n) is 3.21. The van der Waals surface area contributed by atoms with Gasteiger partial charge >= 0.3 is 0 Å². The fourth-order valence-electron chi connectivity index (χ4n) is 2.07. The van der Waals surface area contributed by atoms with E-state index in [0.717, 1.165) is 11.1 Å². The standard InChI is InChI=1S/C16H14Cl2N2O4/c1-9-5-12(6-10(2)16(9)18)24-8-15(21)19-11-3-4-13(17)14(7-11)20(22)23/h3-7H,8H2,1-2H3,(H,19,21). The van der Waals surface area contributed by atoms with E-state index < -0.39 is 10.8 Å². The maximum absolute atomic E-state index is 11.9. The van der Waals surface area contributed by atoms with Crippen molar-refractivity contribution in [2.24, 2.45) is 0 Å². The van der Waals surface area contributed by atoms with Crippen LogP contribution in [0.5, 0.6) is 5.75 Å². The monoisotopic (exact) mass is 368 g/mol. The Morgan fingerprint density at radius 2 is 1.83 bits per heavy atom. The zero-order chi connectivity index (χ0) is 17.9. The molecule has 0 saturated heterocycles.